The van der Waals surface area contributed by atoms with Crippen molar-refractivity contribution in [1.82, 2.24) is 10.6 Å². The summed E-state index contributed by atoms with van der Waals surface area (Å²) < 4.78 is 13.5. The van der Waals surface area contributed by atoms with E-state index < -0.39 is 0 Å². The number of guanidine groups is 1. The van der Waals surface area contributed by atoms with Crippen LogP contribution in [0.1, 0.15) is 16.7 Å². The number of rotatable bonds is 5. The molecule has 2 aromatic rings. The first-order valence-electron chi connectivity index (χ1n) is 7.42. The van der Waals surface area contributed by atoms with Gasteiger partial charge in [0, 0.05) is 25.7 Å². The van der Waals surface area contributed by atoms with Gasteiger partial charge in [0.2, 0.25) is 0 Å². The second-order valence-electron chi connectivity index (χ2n) is 5.18. The van der Waals surface area contributed by atoms with Gasteiger partial charge in [-0.3, -0.25) is 4.99 Å². The van der Waals surface area contributed by atoms with Crippen LogP contribution in [0.3, 0.4) is 0 Å². The molecule has 0 aliphatic carbocycles. The van der Waals surface area contributed by atoms with Gasteiger partial charge in [-0.1, -0.05) is 48.0 Å². The molecule has 23 heavy (non-hydrogen) atoms. The van der Waals surface area contributed by atoms with Crippen LogP contribution in [0.15, 0.2) is 53.5 Å². The summed E-state index contributed by atoms with van der Waals surface area (Å²) in [4.78, 5) is 4.15. The number of nitrogens with one attached hydrogen (secondary N) is 2. The second kappa shape index (κ2) is 10.2. The molecule has 0 spiro atoms. The Morgan fingerprint density at radius 1 is 1.04 bits per heavy atom. The Morgan fingerprint density at radius 2 is 1.74 bits per heavy atom. The lowest BCUT2D eigenvalue weighted by atomic mass is 10.1. The van der Waals surface area contributed by atoms with Crippen LogP contribution >= 0.6 is 24.0 Å². The van der Waals surface area contributed by atoms with Crippen LogP contribution in [0.2, 0.25) is 0 Å². The Morgan fingerprint density at radius 3 is 2.39 bits per heavy atom. The average molecular weight is 427 g/mol. The summed E-state index contributed by atoms with van der Waals surface area (Å²) in [5.41, 5.74) is 3.17. The molecule has 0 aliphatic rings. The highest BCUT2D eigenvalue weighted by Gasteiger charge is 2.02. The van der Waals surface area contributed by atoms with Gasteiger partial charge in [0.25, 0.3) is 0 Å². The molecule has 0 aliphatic heterocycles. The summed E-state index contributed by atoms with van der Waals surface area (Å²) in [5.74, 6) is 0.473. The molecule has 0 unspecified atom stereocenters. The molecule has 0 radical (unpaired) electrons. The Hall–Kier alpha value is -1.63. The minimum atomic E-state index is -0.204. The van der Waals surface area contributed by atoms with Gasteiger partial charge in [-0.25, -0.2) is 4.39 Å². The minimum absolute atomic E-state index is 0. The highest BCUT2D eigenvalue weighted by atomic mass is 127. The zero-order valence-corrected chi connectivity index (χ0v) is 15.8. The largest absolute Gasteiger partial charge is 0.356 e. The normalized spacial score (nSPS) is 10.8. The van der Waals surface area contributed by atoms with E-state index in [0.29, 0.717) is 18.1 Å². The summed E-state index contributed by atoms with van der Waals surface area (Å²) in [6.45, 7) is 3.27. The molecule has 2 N–H and O–H groups in total. The quantitative estimate of drug-likeness (QED) is 0.434. The monoisotopic (exact) mass is 427 g/mol. The van der Waals surface area contributed by atoms with Crippen LogP contribution in [0.5, 0.6) is 0 Å². The Bertz CT molecular complexity index is 626. The maximum atomic E-state index is 13.5. The van der Waals surface area contributed by atoms with Crippen LogP contribution in [0, 0.1) is 12.7 Å². The Labute approximate surface area is 154 Å². The maximum absolute atomic E-state index is 13.5. The Kier molecular flexibility index (Phi) is 8.61. The highest BCUT2D eigenvalue weighted by molar-refractivity contribution is 14.0. The minimum Gasteiger partial charge on any atom is -0.356 e. The Balaban J connectivity index is 0.00000264. The predicted molar refractivity (Wildman–Crippen MR) is 105 cm³/mol. The van der Waals surface area contributed by atoms with Crippen molar-refractivity contribution in [3.05, 3.63) is 71.0 Å². The molecule has 2 aromatic carbocycles. The van der Waals surface area contributed by atoms with Gasteiger partial charge in [-0.2, -0.15) is 0 Å². The summed E-state index contributed by atoms with van der Waals surface area (Å²) in [6.07, 6.45) is 0.917. The molecule has 0 saturated heterocycles. The van der Waals surface area contributed by atoms with Gasteiger partial charge >= 0.3 is 0 Å². The van der Waals surface area contributed by atoms with Crippen molar-refractivity contribution >= 4 is 29.9 Å². The maximum Gasteiger partial charge on any atom is 0.191 e. The smallest absolute Gasteiger partial charge is 0.191 e. The summed E-state index contributed by atoms with van der Waals surface area (Å²) in [7, 11) is 1.71. The lowest BCUT2D eigenvalue weighted by Gasteiger charge is -2.12. The number of benzene rings is 2. The summed E-state index contributed by atoms with van der Waals surface area (Å²) in [6, 6.07) is 15.2. The highest BCUT2D eigenvalue weighted by Crippen LogP contribution is 2.05. The van der Waals surface area contributed by atoms with Crippen LogP contribution in [-0.2, 0) is 13.0 Å². The fourth-order valence-electron chi connectivity index (χ4n) is 2.12. The molecule has 0 fully saturated rings. The molecular formula is C18H23FIN3. The first-order chi connectivity index (χ1) is 10.7. The third-order valence-corrected chi connectivity index (χ3v) is 3.45. The predicted octanol–water partition coefficient (Wildman–Crippen LogP) is 3.66. The number of nitrogens with zero attached hydrogens (tertiary/aromatic N) is 1. The number of hydrogen-bond donors (Lipinski definition) is 2. The molecule has 2 rings (SSSR count). The third-order valence-electron chi connectivity index (χ3n) is 3.45. The van der Waals surface area contributed by atoms with Gasteiger partial charge < -0.3 is 10.6 Å². The van der Waals surface area contributed by atoms with E-state index in [1.54, 1.807) is 19.2 Å². The van der Waals surface area contributed by atoms with E-state index in [9.17, 15) is 4.39 Å². The molecule has 3 nitrogen and oxygen atoms in total. The first kappa shape index (κ1) is 19.4. The van der Waals surface area contributed by atoms with E-state index in [-0.39, 0.29) is 29.8 Å². The summed E-state index contributed by atoms with van der Waals surface area (Å²) >= 11 is 0. The van der Waals surface area contributed by atoms with Gasteiger partial charge in [0.1, 0.15) is 5.82 Å². The number of aryl methyl sites for hydroxylation is 1. The fourth-order valence-corrected chi connectivity index (χ4v) is 2.12. The first-order valence-corrected chi connectivity index (χ1v) is 7.42. The van der Waals surface area contributed by atoms with Crippen molar-refractivity contribution in [3.8, 4) is 0 Å². The molecule has 0 amide bonds. The van der Waals surface area contributed by atoms with E-state index in [0.717, 1.165) is 13.0 Å². The van der Waals surface area contributed by atoms with Gasteiger partial charge in [0.05, 0.1) is 0 Å². The van der Waals surface area contributed by atoms with Crippen LogP contribution in [0.25, 0.3) is 0 Å². The summed E-state index contributed by atoms with van der Waals surface area (Å²) in [5, 5.41) is 6.36. The number of aliphatic imine (C=N–C) groups is 1. The topological polar surface area (TPSA) is 36.4 Å². The second-order valence-corrected chi connectivity index (χ2v) is 5.18. The van der Waals surface area contributed by atoms with E-state index in [1.807, 2.05) is 6.07 Å². The van der Waals surface area contributed by atoms with Crippen molar-refractivity contribution < 1.29 is 4.39 Å². The molecule has 0 atom stereocenters. The SMILES string of the molecule is CN=C(NCCc1ccc(C)cc1)NCc1ccccc1F.I. The molecule has 0 bridgehead atoms. The van der Waals surface area contributed by atoms with Crippen molar-refractivity contribution in [3.63, 3.8) is 0 Å². The van der Waals surface area contributed by atoms with Gasteiger partial charge in [0.15, 0.2) is 5.96 Å². The molecular weight excluding hydrogens is 404 g/mol. The van der Waals surface area contributed by atoms with Crippen molar-refractivity contribution in [1.29, 1.82) is 0 Å². The fraction of sp³-hybridized carbons (Fsp3) is 0.278. The van der Waals surface area contributed by atoms with E-state index in [2.05, 4.69) is 46.8 Å². The lowest BCUT2D eigenvalue weighted by Crippen LogP contribution is -2.38. The van der Waals surface area contributed by atoms with Gasteiger partial charge in [-0.15, -0.1) is 24.0 Å². The molecule has 0 aromatic heterocycles. The zero-order valence-electron chi connectivity index (χ0n) is 13.5. The molecule has 0 saturated carbocycles. The van der Waals surface area contributed by atoms with E-state index in [1.165, 1.54) is 17.2 Å². The average Bonchev–Trinajstić information content (AvgIpc) is 2.54. The molecule has 5 heteroatoms. The van der Waals surface area contributed by atoms with Crippen LogP contribution in [0.4, 0.5) is 4.39 Å². The van der Waals surface area contributed by atoms with Crippen LogP contribution < -0.4 is 10.6 Å². The lowest BCUT2D eigenvalue weighted by molar-refractivity contribution is 0.604. The third kappa shape index (κ3) is 6.56. The van der Waals surface area contributed by atoms with Crippen LogP contribution in [-0.4, -0.2) is 19.6 Å². The van der Waals surface area contributed by atoms with E-state index >= 15 is 0 Å². The van der Waals surface area contributed by atoms with Crippen molar-refractivity contribution in [2.45, 2.75) is 19.9 Å². The molecule has 124 valence electrons. The zero-order chi connectivity index (χ0) is 15.8. The standard InChI is InChI=1S/C18H22FN3.HI/c1-14-7-9-15(10-8-14)11-12-21-18(20-2)22-13-16-5-3-4-6-17(16)19;/h3-10H,11-13H2,1-2H3,(H2,20,21,22);1H. The van der Waals surface area contributed by atoms with E-state index in [4.69, 9.17) is 0 Å². The van der Waals surface area contributed by atoms with Crippen molar-refractivity contribution in [2.24, 2.45) is 4.99 Å². The number of halogens is 2. The molecule has 0 heterocycles. The van der Waals surface area contributed by atoms with Crippen molar-refractivity contribution in [2.75, 3.05) is 13.6 Å². The number of hydrogen-bond acceptors (Lipinski definition) is 1. The van der Waals surface area contributed by atoms with Gasteiger partial charge in [-0.05, 0) is 25.0 Å².